The minimum absolute atomic E-state index is 0. The number of hydrogen-bond acceptors (Lipinski definition) is 8. The largest absolute Gasteiger partial charge is 0.490 e. The Labute approximate surface area is 194 Å². The van der Waals surface area contributed by atoms with E-state index in [0.29, 0.717) is 73.2 Å². The highest BCUT2D eigenvalue weighted by atomic mass is 35.5. The smallest absolute Gasteiger partial charge is 0.289 e. The molecular weight excluding hydrogens is 456 g/mol. The van der Waals surface area contributed by atoms with Crippen LogP contribution in [0, 0.1) is 0 Å². The zero-order valence-corrected chi connectivity index (χ0v) is 19.9. The van der Waals surface area contributed by atoms with Crippen molar-refractivity contribution in [1.29, 1.82) is 0 Å². The van der Waals surface area contributed by atoms with E-state index < -0.39 is 9.73 Å². The SMILES string of the molecule is CCOc1cc2c(cc1OCC)S(C)(=O)=NC(N1CCN(C(=O)c3ccco3)CC1)=N2.Cl. The molecule has 1 aromatic heterocycles. The Morgan fingerprint density at radius 3 is 2.38 bits per heavy atom. The van der Waals surface area contributed by atoms with Crippen molar-refractivity contribution in [1.82, 2.24) is 9.80 Å². The minimum Gasteiger partial charge on any atom is -0.490 e. The molecule has 1 aromatic carbocycles. The van der Waals surface area contributed by atoms with Gasteiger partial charge in [-0.25, -0.2) is 9.20 Å². The molecule has 0 bridgehead atoms. The first-order chi connectivity index (χ1) is 14.9. The summed E-state index contributed by atoms with van der Waals surface area (Å²) in [6.07, 6.45) is 3.09. The second kappa shape index (κ2) is 9.83. The number of benzene rings is 1. The van der Waals surface area contributed by atoms with Crippen LogP contribution in [0.1, 0.15) is 24.4 Å². The molecular formula is C21H27ClN4O5S. The Bertz CT molecular complexity index is 1120. The van der Waals surface area contributed by atoms with Crippen LogP contribution in [0.4, 0.5) is 5.69 Å². The second-order valence-electron chi connectivity index (χ2n) is 7.19. The predicted molar refractivity (Wildman–Crippen MR) is 124 cm³/mol. The summed E-state index contributed by atoms with van der Waals surface area (Å²) in [6, 6.07) is 6.83. The summed E-state index contributed by atoms with van der Waals surface area (Å²) in [5.74, 6) is 1.71. The highest BCUT2D eigenvalue weighted by Crippen LogP contribution is 2.40. The molecule has 11 heteroatoms. The van der Waals surface area contributed by atoms with E-state index in [1.807, 2.05) is 18.7 Å². The molecule has 1 atom stereocenters. The first kappa shape index (κ1) is 23.9. The summed E-state index contributed by atoms with van der Waals surface area (Å²) in [4.78, 5) is 21.4. The number of hydrogen-bond donors (Lipinski definition) is 0. The van der Waals surface area contributed by atoms with Crippen molar-refractivity contribution in [2.45, 2.75) is 18.7 Å². The van der Waals surface area contributed by atoms with Crippen molar-refractivity contribution >= 4 is 39.7 Å². The first-order valence-corrected chi connectivity index (χ1v) is 12.2. The number of aliphatic imine (C=N–C) groups is 1. The monoisotopic (exact) mass is 482 g/mol. The molecule has 0 radical (unpaired) electrons. The van der Waals surface area contributed by atoms with Gasteiger partial charge in [-0.05, 0) is 26.0 Å². The standard InChI is InChI=1S/C21H26N4O5S.ClH/c1-4-28-17-13-15-19(14-18(17)29-5-2)31(3,27)23-21(22-15)25-10-8-24(9-11-25)20(26)16-7-6-12-30-16;/h6-7,12-14H,4-5,8-11H2,1-3H3;1H. The fourth-order valence-electron chi connectivity index (χ4n) is 3.59. The van der Waals surface area contributed by atoms with Crippen molar-refractivity contribution < 1.29 is 22.9 Å². The van der Waals surface area contributed by atoms with Gasteiger partial charge in [-0.3, -0.25) is 4.79 Å². The number of carbonyl (C=O) groups excluding carboxylic acids is 1. The lowest BCUT2D eigenvalue weighted by molar-refractivity contribution is 0.0659. The van der Waals surface area contributed by atoms with Crippen molar-refractivity contribution in [2.24, 2.45) is 9.36 Å². The maximum absolute atomic E-state index is 13.4. The fraction of sp³-hybridized carbons (Fsp3) is 0.429. The normalized spacial score (nSPS) is 19.9. The lowest BCUT2D eigenvalue weighted by Gasteiger charge is -2.35. The molecule has 2 aromatic rings. The Hall–Kier alpha value is -2.72. The van der Waals surface area contributed by atoms with E-state index in [1.54, 1.807) is 35.4 Å². The van der Waals surface area contributed by atoms with Gasteiger partial charge in [-0.2, -0.15) is 4.36 Å². The van der Waals surface area contributed by atoms with Crippen molar-refractivity contribution in [2.75, 3.05) is 45.6 Å². The van der Waals surface area contributed by atoms with Crippen LogP contribution < -0.4 is 9.47 Å². The van der Waals surface area contributed by atoms with Gasteiger partial charge in [0, 0.05) is 44.6 Å². The van der Waals surface area contributed by atoms with E-state index in [1.165, 1.54) is 6.26 Å². The lowest BCUT2D eigenvalue weighted by atomic mass is 10.2. The van der Waals surface area contributed by atoms with Gasteiger partial charge >= 0.3 is 0 Å². The van der Waals surface area contributed by atoms with E-state index in [9.17, 15) is 9.00 Å². The van der Waals surface area contributed by atoms with Crippen LogP contribution in [0.15, 0.2) is 49.2 Å². The number of amides is 1. The van der Waals surface area contributed by atoms with Crippen LogP contribution in [0.2, 0.25) is 0 Å². The maximum atomic E-state index is 13.4. The van der Waals surface area contributed by atoms with Crippen molar-refractivity contribution in [3.63, 3.8) is 0 Å². The number of piperazine rings is 1. The fourth-order valence-corrected chi connectivity index (χ4v) is 4.97. The maximum Gasteiger partial charge on any atom is 0.289 e. The van der Waals surface area contributed by atoms with Crippen LogP contribution >= 0.6 is 12.4 Å². The number of furan rings is 1. The molecule has 2 aliphatic rings. The molecule has 9 nitrogen and oxygen atoms in total. The Kier molecular flexibility index (Phi) is 7.35. The summed E-state index contributed by atoms with van der Waals surface area (Å²) in [7, 11) is -2.71. The molecule has 1 amide bonds. The zero-order valence-electron chi connectivity index (χ0n) is 18.3. The molecule has 1 fully saturated rings. The second-order valence-corrected chi connectivity index (χ2v) is 9.42. The topological polar surface area (TPSA) is 96.9 Å². The lowest BCUT2D eigenvalue weighted by Crippen LogP contribution is -2.50. The zero-order chi connectivity index (χ0) is 22.0. The summed E-state index contributed by atoms with van der Waals surface area (Å²) < 4.78 is 34.4. The quantitative estimate of drug-likeness (QED) is 0.647. The molecule has 0 saturated carbocycles. The van der Waals surface area contributed by atoms with Crippen LogP contribution in [-0.2, 0) is 9.73 Å². The number of ether oxygens (including phenoxy) is 2. The highest BCUT2D eigenvalue weighted by molar-refractivity contribution is 7.93. The van der Waals surface area contributed by atoms with E-state index in [2.05, 4.69) is 9.36 Å². The third-order valence-corrected chi connectivity index (χ3v) is 6.75. The van der Waals surface area contributed by atoms with E-state index >= 15 is 0 Å². The van der Waals surface area contributed by atoms with Crippen LogP contribution in [0.3, 0.4) is 0 Å². The third-order valence-electron chi connectivity index (χ3n) is 5.09. The molecule has 1 saturated heterocycles. The average molecular weight is 483 g/mol. The summed E-state index contributed by atoms with van der Waals surface area (Å²) in [5, 5.41) is 0. The van der Waals surface area contributed by atoms with E-state index in [0.717, 1.165) is 0 Å². The Balaban J connectivity index is 0.00000289. The molecule has 2 aliphatic heterocycles. The van der Waals surface area contributed by atoms with Crippen LogP contribution in [0.25, 0.3) is 0 Å². The van der Waals surface area contributed by atoms with Gasteiger partial charge in [0.05, 0.1) is 39.8 Å². The van der Waals surface area contributed by atoms with Gasteiger partial charge in [0.15, 0.2) is 17.3 Å². The van der Waals surface area contributed by atoms with Crippen LogP contribution in [0.5, 0.6) is 11.5 Å². The van der Waals surface area contributed by atoms with E-state index in [4.69, 9.17) is 13.9 Å². The minimum atomic E-state index is -2.71. The van der Waals surface area contributed by atoms with Crippen LogP contribution in [-0.4, -0.2) is 71.5 Å². The number of rotatable bonds is 5. The van der Waals surface area contributed by atoms with Gasteiger partial charge in [0.25, 0.3) is 5.91 Å². The predicted octanol–water partition coefficient (Wildman–Crippen LogP) is 3.41. The number of halogens is 1. The van der Waals surface area contributed by atoms with Gasteiger partial charge in [0.1, 0.15) is 0 Å². The average Bonchev–Trinajstić information content (AvgIpc) is 3.29. The van der Waals surface area contributed by atoms with Crippen molar-refractivity contribution in [3.8, 4) is 11.5 Å². The summed E-state index contributed by atoms with van der Waals surface area (Å²) in [6.45, 7) is 6.80. The summed E-state index contributed by atoms with van der Waals surface area (Å²) >= 11 is 0. The van der Waals surface area contributed by atoms with Gasteiger partial charge < -0.3 is 23.7 Å². The molecule has 3 heterocycles. The first-order valence-electron chi connectivity index (χ1n) is 10.2. The molecule has 1 unspecified atom stereocenters. The third kappa shape index (κ3) is 4.71. The van der Waals surface area contributed by atoms with Gasteiger partial charge in [-0.1, -0.05) is 0 Å². The molecule has 0 aliphatic carbocycles. The molecule has 32 heavy (non-hydrogen) atoms. The van der Waals surface area contributed by atoms with Crippen molar-refractivity contribution in [3.05, 3.63) is 36.3 Å². The van der Waals surface area contributed by atoms with Gasteiger partial charge in [0.2, 0.25) is 5.96 Å². The number of fused-ring (bicyclic) bond motifs is 1. The molecule has 0 N–H and O–H groups in total. The highest BCUT2D eigenvalue weighted by Gasteiger charge is 2.29. The number of nitrogens with zero attached hydrogens (tertiary/aromatic N) is 4. The van der Waals surface area contributed by atoms with E-state index in [-0.39, 0.29) is 18.3 Å². The Morgan fingerprint density at radius 1 is 1.12 bits per heavy atom. The molecule has 0 spiro atoms. The number of guanidine groups is 1. The number of carbonyl (C=O) groups is 1. The Morgan fingerprint density at radius 2 is 1.78 bits per heavy atom. The molecule has 174 valence electrons. The summed E-state index contributed by atoms with van der Waals surface area (Å²) in [5.41, 5.74) is 0.568. The van der Waals surface area contributed by atoms with Gasteiger partial charge in [-0.15, -0.1) is 12.4 Å². The molecule has 4 rings (SSSR count).